The zero-order valence-corrected chi connectivity index (χ0v) is 15.7. The van der Waals surface area contributed by atoms with Crippen LogP contribution in [0.25, 0.3) is 0 Å². The molecule has 2 rings (SSSR count). The number of halogens is 1. The lowest BCUT2D eigenvalue weighted by atomic mass is 10.1. The van der Waals surface area contributed by atoms with Gasteiger partial charge in [0.25, 0.3) is 0 Å². The maximum absolute atomic E-state index is 12.3. The Morgan fingerprint density at radius 3 is 2.91 bits per heavy atom. The third-order valence-electron chi connectivity index (χ3n) is 3.67. The number of pyridine rings is 1. The third kappa shape index (κ3) is 6.47. The number of amides is 1. The summed E-state index contributed by atoms with van der Waals surface area (Å²) >= 11 is 3.39. The molecule has 1 fully saturated rings. The van der Waals surface area contributed by atoms with E-state index in [1.165, 1.54) is 0 Å². The fourth-order valence-corrected chi connectivity index (χ4v) is 2.98. The van der Waals surface area contributed by atoms with Crippen molar-refractivity contribution in [3.8, 4) is 0 Å². The van der Waals surface area contributed by atoms with Gasteiger partial charge in [-0.25, -0.2) is 9.78 Å². The summed E-state index contributed by atoms with van der Waals surface area (Å²) in [6.07, 6.45) is 2.98. The summed E-state index contributed by atoms with van der Waals surface area (Å²) in [5, 5.41) is 3.52. The molecule has 1 aliphatic rings. The first-order chi connectivity index (χ1) is 10.8. The van der Waals surface area contributed by atoms with E-state index in [1.807, 2.05) is 43.9 Å². The number of likely N-dealkylation sites (tertiary alicyclic amines) is 1. The van der Waals surface area contributed by atoms with Crippen molar-refractivity contribution in [3.05, 3.63) is 28.5 Å². The first-order valence-electron chi connectivity index (χ1n) is 8.16. The highest BCUT2D eigenvalue weighted by molar-refractivity contribution is 9.10. The van der Waals surface area contributed by atoms with Gasteiger partial charge in [-0.05, 0) is 61.7 Å². The van der Waals surface area contributed by atoms with Gasteiger partial charge in [-0.2, -0.15) is 0 Å². The molecule has 5 nitrogen and oxygen atoms in total. The quantitative estimate of drug-likeness (QED) is 0.807. The Bertz CT molecular complexity index is 531. The van der Waals surface area contributed by atoms with Crippen LogP contribution in [0.1, 0.15) is 45.7 Å². The van der Waals surface area contributed by atoms with Crippen molar-refractivity contribution >= 4 is 22.0 Å². The highest BCUT2D eigenvalue weighted by Gasteiger charge is 2.26. The summed E-state index contributed by atoms with van der Waals surface area (Å²) in [6, 6.07) is 6.17. The molecule has 1 unspecified atom stereocenters. The Labute approximate surface area is 146 Å². The number of hydrogen-bond acceptors (Lipinski definition) is 4. The molecule has 0 aliphatic carbocycles. The van der Waals surface area contributed by atoms with Crippen molar-refractivity contribution in [1.82, 2.24) is 15.2 Å². The summed E-state index contributed by atoms with van der Waals surface area (Å²) in [6.45, 7) is 7.85. The number of carbonyl (C=O) groups excluding carboxylic acids is 1. The van der Waals surface area contributed by atoms with Gasteiger partial charge in [0, 0.05) is 25.7 Å². The van der Waals surface area contributed by atoms with Crippen LogP contribution >= 0.6 is 15.9 Å². The maximum atomic E-state index is 12.3. The van der Waals surface area contributed by atoms with Gasteiger partial charge >= 0.3 is 6.09 Å². The van der Waals surface area contributed by atoms with Gasteiger partial charge in [0.1, 0.15) is 10.2 Å². The predicted octanol–water partition coefficient (Wildman–Crippen LogP) is 3.72. The summed E-state index contributed by atoms with van der Waals surface area (Å²) < 4.78 is 6.34. The second kappa shape index (κ2) is 8.11. The minimum atomic E-state index is -0.452. The number of rotatable bonds is 3. The molecule has 0 saturated carbocycles. The molecule has 0 aromatic carbocycles. The van der Waals surface area contributed by atoms with Crippen molar-refractivity contribution in [2.24, 2.45) is 0 Å². The smallest absolute Gasteiger partial charge is 0.410 e. The first-order valence-corrected chi connectivity index (χ1v) is 8.95. The number of ether oxygens (including phenoxy) is 1. The van der Waals surface area contributed by atoms with Crippen LogP contribution in [0.5, 0.6) is 0 Å². The predicted molar refractivity (Wildman–Crippen MR) is 94.2 cm³/mol. The molecule has 0 radical (unpaired) electrons. The Morgan fingerprint density at radius 1 is 1.43 bits per heavy atom. The van der Waals surface area contributed by atoms with Crippen LogP contribution in [0, 0.1) is 0 Å². The largest absolute Gasteiger partial charge is 0.444 e. The lowest BCUT2D eigenvalue weighted by molar-refractivity contribution is 0.0243. The van der Waals surface area contributed by atoms with Gasteiger partial charge < -0.3 is 15.0 Å². The summed E-state index contributed by atoms with van der Waals surface area (Å²) in [4.78, 5) is 18.5. The summed E-state index contributed by atoms with van der Waals surface area (Å²) in [5.41, 5.74) is 0.541. The van der Waals surface area contributed by atoms with Crippen molar-refractivity contribution < 1.29 is 9.53 Å². The molecule has 0 bridgehead atoms. The zero-order valence-electron chi connectivity index (χ0n) is 14.1. The molecule has 1 atom stereocenters. The number of hydrogen-bond donors (Lipinski definition) is 1. The van der Waals surface area contributed by atoms with Gasteiger partial charge in [0.05, 0.1) is 5.69 Å². The van der Waals surface area contributed by atoms with E-state index in [9.17, 15) is 4.79 Å². The van der Waals surface area contributed by atoms with Gasteiger partial charge in [0.2, 0.25) is 0 Å². The van der Waals surface area contributed by atoms with Crippen molar-refractivity contribution in [3.63, 3.8) is 0 Å². The van der Waals surface area contributed by atoms with E-state index in [0.717, 1.165) is 36.1 Å². The van der Waals surface area contributed by atoms with Gasteiger partial charge in [0.15, 0.2) is 0 Å². The zero-order chi connectivity index (χ0) is 16.9. The fraction of sp³-hybridized carbons (Fsp3) is 0.647. The minimum Gasteiger partial charge on any atom is -0.444 e. The molecule has 128 valence electrons. The van der Waals surface area contributed by atoms with Gasteiger partial charge in [-0.15, -0.1) is 0 Å². The normalized spacial score (nSPS) is 19.3. The van der Waals surface area contributed by atoms with Crippen molar-refractivity contribution in [2.75, 3.05) is 13.1 Å². The Hall–Kier alpha value is -1.14. The molecule has 6 heteroatoms. The van der Waals surface area contributed by atoms with Crippen molar-refractivity contribution in [1.29, 1.82) is 0 Å². The molecule has 1 saturated heterocycles. The Morgan fingerprint density at radius 2 is 2.22 bits per heavy atom. The lowest BCUT2D eigenvalue weighted by Crippen LogP contribution is -2.44. The molecule has 2 heterocycles. The van der Waals surface area contributed by atoms with Crippen LogP contribution in [0.4, 0.5) is 4.79 Å². The highest BCUT2D eigenvalue weighted by atomic mass is 79.9. The Balaban J connectivity index is 1.90. The summed E-state index contributed by atoms with van der Waals surface area (Å²) in [5.74, 6) is 0. The molecule has 1 aromatic rings. The number of nitrogens with one attached hydrogen (secondary N) is 1. The van der Waals surface area contributed by atoms with Crippen LogP contribution in [0.3, 0.4) is 0 Å². The third-order valence-corrected chi connectivity index (χ3v) is 4.11. The standard InChI is InChI=1S/C17H26BrN3O2/c1-17(2,3)23-16(22)21-10-5-4-7-14(12-21)19-11-13-8-6-9-15(18)20-13/h6,8-9,14,19H,4-5,7,10-12H2,1-3H3. The second-order valence-electron chi connectivity index (χ2n) is 6.95. The van der Waals surface area contributed by atoms with E-state index in [4.69, 9.17) is 4.74 Å². The van der Waals surface area contributed by atoms with E-state index >= 15 is 0 Å². The van der Waals surface area contributed by atoms with Crippen LogP contribution in [0.15, 0.2) is 22.8 Å². The van der Waals surface area contributed by atoms with Crippen LogP contribution in [-0.4, -0.2) is 40.7 Å². The number of aromatic nitrogens is 1. The van der Waals surface area contributed by atoms with E-state index in [0.29, 0.717) is 13.1 Å². The minimum absolute atomic E-state index is 0.216. The average Bonchev–Trinajstić information content (AvgIpc) is 2.69. The molecule has 1 N–H and O–H groups in total. The molecule has 1 amide bonds. The topological polar surface area (TPSA) is 54.5 Å². The van der Waals surface area contributed by atoms with E-state index < -0.39 is 5.60 Å². The van der Waals surface area contributed by atoms with Crippen LogP contribution in [-0.2, 0) is 11.3 Å². The second-order valence-corrected chi connectivity index (χ2v) is 7.76. The maximum Gasteiger partial charge on any atom is 0.410 e. The van der Waals surface area contributed by atoms with Crippen molar-refractivity contribution in [2.45, 2.75) is 58.2 Å². The summed E-state index contributed by atoms with van der Waals surface area (Å²) in [7, 11) is 0. The SMILES string of the molecule is CC(C)(C)OC(=O)N1CCCCC(NCc2cccc(Br)n2)C1. The van der Waals surface area contributed by atoms with Crippen LogP contribution < -0.4 is 5.32 Å². The van der Waals surface area contributed by atoms with Gasteiger partial charge in [-0.3, -0.25) is 0 Å². The number of nitrogens with zero attached hydrogens (tertiary/aromatic N) is 2. The fourth-order valence-electron chi connectivity index (χ4n) is 2.60. The molecule has 1 aliphatic heterocycles. The average molecular weight is 384 g/mol. The highest BCUT2D eigenvalue weighted by Crippen LogP contribution is 2.16. The van der Waals surface area contributed by atoms with Crippen LogP contribution in [0.2, 0.25) is 0 Å². The van der Waals surface area contributed by atoms with E-state index in [1.54, 1.807) is 0 Å². The Kier molecular flexibility index (Phi) is 6.41. The number of carbonyl (C=O) groups is 1. The monoisotopic (exact) mass is 383 g/mol. The molecular formula is C17H26BrN3O2. The lowest BCUT2D eigenvalue weighted by Gasteiger charge is -2.28. The molecule has 1 aromatic heterocycles. The molecular weight excluding hydrogens is 358 g/mol. The molecule has 0 spiro atoms. The van der Waals surface area contributed by atoms with Gasteiger partial charge in [-0.1, -0.05) is 12.5 Å². The van der Waals surface area contributed by atoms with E-state index in [-0.39, 0.29) is 12.1 Å². The first kappa shape index (κ1) is 18.2. The molecule has 23 heavy (non-hydrogen) atoms. The van der Waals surface area contributed by atoms with E-state index in [2.05, 4.69) is 26.2 Å².